The summed E-state index contributed by atoms with van der Waals surface area (Å²) in [5.74, 6) is 0. The molecule has 0 aliphatic heterocycles. The first-order valence-corrected chi connectivity index (χ1v) is 8.28. The van der Waals surface area contributed by atoms with E-state index in [1.807, 2.05) is 0 Å². The van der Waals surface area contributed by atoms with Gasteiger partial charge in [0, 0.05) is 31.1 Å². The van der Waals surface area contributed by atoms with Gasteiger partial charge in [-0.25, -0.2) is 9.36 Å². The molecule has 146 valence electrons. The lowest BCUT2D eigenvalue weighted by atomic mass is 10.2. The van der Waals surface area contributed by atoms with Crippen molar-refractivity contribution in [1.82, 2.24) is 13.7 Å². The number of nitrogens with zero attached hydrogens (tertiary/aromatic N) is 3. The van der Waals surface area contributed by atoms with Crippen LogP contribution in [-0.2, 0) is 19.8 Å². The van der Waals surface area contributed by atoms with Crippen molar-refractivity contribution in [1.29, 1.82) is 0 Å². The van der Waals surface area contributed by atoms with E-state index in [2.05, 4.69) is 6.58 Å². The summed E-state index contributed by atoms with van der Waals surface area (Å²) in [6.07, 6.45) is -3.39. The van der Waals surface area contributed by atoms with Crippen LogP contribution < -0.4 is 16.8 Å². The van der Waals surface area contributed by atoms with Gasteiger partial charge in [-0.1, -0.05) is 17.7 Å². The van der Waals surface area contributed by atoms with Crippen LogP contribution in [0.1, 0.15) is 5.69 Å². The number of aromatic nitrogens is 3. The molecule has 0 aliphatic rings. The van der Waals surface area contributed by atoms with Crippen molar-refractivity contribution in [2.24, 2.45) is 7.05 Å². The molecule has 0 aliphatic carbocycles. The van der Waals surface area contributed by atoms with Gasteiger partial charge in [0.15, 0.2) is 0 Å². The molecule has 0 saturated heterocycles. The molecule has 0 amide bonds. The van der Waals surface area contributed by atoms with E-state index in [-0.39, 0.29) is 22.8 Å². The number of fused-ring (bicyclic) bond motifs is 1. The van der Waals surface area contributed by atoms with E-state index in [1.54, 1.807) is 0 Å². The van der Waals surface area contributed by atoms with Gasteiger partial charge in [-0.05, 0) is 18.2 Å². The molecule has 0 radical (unpaired) electrons. The van der Waals surface area contributed by atoms with Crippen LogP contribution in [0.25, 0.3) is 16.6 Å². The Morgan fingerprint density at radius 3 is 2.39 bits per heavy atom. The minimum atomic E-state index is -4.87. The number of hydrogen-bond donors (Lipinski definition) is 0. The monoisotopic (exact) mass is 411 g/mol. The van der Waals surface area contributed by atoms with Crippen LogP contribution in [0.2, 0.25) is 5.02 Å². The Balaban J connectivity index is 2.41. The van der Waals surface area contributed by atoms with E-state index in [0.717, 1.165) is 7.05 Å². The van der Waals surface area contributed by atoms with Gasteiger partial charge in [0.2, 0.25) is 0 Å². The van der Waals surface area contributed by atoms with Gasteiger partial charge in [-0.2, -0.15) is 13.2 Å². The van der Waals surface area contributed by atoms with Gasteiger partial charge in [-0.3, -0.25) is 14.2 Å². The minimum Gasteiger partial charge on any atom is -0.304 e. The predicted molar refractivity (Wildman–Crippen MR) is 99.3 cm³/mol. The predicted octanol–water partition coefficient (Wildman–Crippen LogP) is 2.71. The third-order valence-corrected chi connectivity index (χ3v) is 4.52. The maximum absolute atomic E-state index is 13.0. The molecule has 28 heavy (non-hydrogen) atoms. The van der Waals surface area contributed by atoms with Crippen LogP contribution in [0, 0.1) is 0 Å². The van der Waals surface area contributed by atoms with Crippen LogP contribution in [0.3, 0.4) is 0 Å². The second-order valence-electron chi connectivity index (χ2n) is 5.98. The highest BCUT2D eigenvalue weighted by Crippen LogP contribution is 2.28. The smallest absolute Gasteiger partial charge is 0.304 e. The van der Waals surface area contributed by atoms with Crippen LogP contribution in [0.5, 0.6) is 0 Å². The molecule has 0 fully saturated rings. The lowest BCUT2D eigenvalue weighted by Crippen LogP contribution is -2.40. The van der Waals surface area contributed by atoms with E-state index in [4.69, 9.17) is 11.6 Å². The number of hydrogen-bond acceptors (Lipinski definition) is 3. The number of benzene rings is 1. The molecule has 0 N–H and O–H groups in total. The number of halogens is 4. The number of pyridine rings is 1. The Labute approximate surface area is 160 Å². The van der Waals surface area contributed by atoms with E-state index in [9.17, 15) is 27.6 Å². The van der Waals surface area contributed by atoms with Gasteiger partial charge in [0.25, 0.3) is 11.1 Å². The zero-order valence-corrected chi connectivity index (χ0v) is 15.2. The maximum atomic E-state index is 13.0. The number of allylic oxidation sites excluding steroid dienone is 1. The highest BCUT2D eigenvalue weighted by molar-refractivity contribution is 6.33. The Morgan fingerprint density at radius 1 is 1.11 bits per heavy atom. The van der Waals surface area contributed by atoms with Crippen molar-refractivity contribution in [2.75, 3.05) is 0 Å². The standard InChI is InChI=1S/C18H13ClF3N3O3/c1-3-6-24-12-8-13(11(19)7-10(12)4-5-15(24)26)25-16(27)9-14(18(20,21)22)23(2)17(25)28/h3-5,7-9H,1,6H2,2H3. The molecular weight excluding hydrogens is 399 g/mol. The summed E-state index contributed by atoms with van der Waals surface area (Å²) in [5.41, 5.74) is -3.91. The van der Waals surface area contributed by atoms with Crippen LogP contribution in [-0.4, -0.2) is 13.7 Å². The average molecular weight is 412 g/mol. The summed E-state index contributed by atoms with van der Waals surface area (Å²) in [5, 5.41) is 0.516. The van der Waals surface area contributed by atoms with E-state index >= 15 is 0 Å². The quantitative estimate of drug-likeness (QED) is 0.622. The molecule has 0 atom stereocenters. The molecule has 10 heteroatoms. The van der Waals surface area contributed by atoms with E-state index < -0.39 is 23.1 Å². The lowest BCUT2D eigenvalue weighted by molar-refractivity contribution is -0.144. The average Bonchev–Trinajstić information content (AvgIpc) is 2.60. The Morgan fingerprint density at radius 2 is 1.79 bits per heavy atom. The molecule has 0 saturated carbocycles. The first kappa shape index (κ1) is 19.7. The topological polar surface area (TPSA) is 66.0 Å². The van der Waals surface area contributed by atoms with Crippen molar-refractivity contribution >= 4 is 22.5 Å². The molecule has 0 bridgehead atoms. The summed E-state index contributed by atoms with van der Waals surface area (Å²) in [4.78, 5) is 37.0. The van der Waals surface area contributed by atoms with Gasteiger partial charge < -0.3 is 4.57 Å². The fourth-order valence-corrected chi connectivity index (χ4v) is 3.17. The normalized spacial score (nSPS) is 11.8. The molecule has 2 aromatic heterocycles. The van der Waals surface area contributed by atoms with Crippen molar-refractivity contribution in [3.63, 3.8) is 0 Å². The lowest BCUT2D eigenvalue weighted by Gasteiger charge is -2.16. The SMILES string of the molecule is C=CCn1c(=O)ccc2cc(Cl)c(-n3c(=O)cc(C(F)(F)F)n(C)c3=O)cc21. The van der Waals surface area contributed by atoms with E-state index in [0.29, 0.717) is 26.1 Å². The van der Waals surface area contributed by atoms with Gasteiger partial charge >= 0.3 is 11.9 Å². The van der Waals surface area contributed by atoms with Crippen molar-refractivity contribution < 1.29 is 13.2 Å². The molecular formula is C18H13ClF3N3O3. The number of alkyl halides is 3. The van der Waals surface area contributed by atoms with Crippen molar-refractivity contribution in [3.8, 4) is 5.69 Å². The summed E-state index contributed by atoms with van der Waals surface area (Å²) >= 11 is 6.20. The fourth-order valence-electron chi connectivity index (χ4n) is 2.91. The first-order valence-electron chi connectivity index (χ1n) is 7.91. The molecule has 0 spiro atoms. The molecule has 3 rings (SSSR count). The largest absolute Gasteiger partial charge is 0.431 e. The van der Waals surface area contributed by atoms with Crippen LogP contribution in [0.15, 0.2) is 57.4 Å². The Bertz CT molecular complexity index is 1290. The highest BCUT2D eigenvalue weighted by Gasteiger charge is 2.35. The molecule has 2 heterocycles. The molecule has 0 unspecified atom stereocenters. The fraction of sp³-hybridized carbons (Fsp3) is 0.167. The second-order valence-corrected chi connectivity index (χ2v) is 6.38. The van der Waals surface area contributed by atoms with Crippen LogP contribution >= 0.6 is 11.6 Å². The van der Waals surface area contributed by atoms with Crippen molar-refractivity contribution in [2.45, 2.75) is 12.7 Å². The van der Waals surface area contributed by atoms with E-state index in [1.165, 1.54) is 34.9 Å². The molecule has 6 nitrogen and oxygen atoms in total. The highest BCUT2D eigenvalue weighted by atomic mass is 35.5. The van der Waals surface area contributed by atoms with Gasteiger partial charge in [0.1, 0.15) is 5.69 Å². The minimum absolute atomic E-state index is 0.0322. The second kappa shape index (κ2) is 6.83. The third kappa shape index (κ3) is 3.18. The Hall–Kier alpha value is -3.07. The zero-order valence-electron chi connectivity index (χ0n) is 14.5. The molecule has 1 aromatic carbocycles. The van der Waals surface area contributed by atoms with Crippen molar-refractivity contribution in [3.05, 3.63) is 84.9 Å². The van der Waals surface area contributed by atoms with Gasteiger partial charge in [-0.15, -0.1) is 6.58 Å². The zero-order chi connectivity index (χ0) is 20.8. The van der Waals surface area contributed by atoms with Crippen LogP contribution in [0.4, 0.5) is 13.2 Å². The molecule has 3 aromatic rings. The summed E-state index contributed by atoms with van der Waals surface area (Å²) in [6.45, 7) is 3.72. The third-order valence-electron chi connectivity index (χ3n) is 4.22. The summed E-state index contributed by atoms with van der Waals surface area (Å²) < 4.78 is 41.3. The summed E-state index contributed by atoms with van der Waals surface area (Å²) in [7, 11) is 0.906. The Kier molecular flexibility index (Phi) is 4.80. The number of rotatable bonds is 3. The maximum Gasteiger partial charge on any atom is 0.431 e. The van der Waals surface area contributed by atoms with Gasteiger partial charge in [0.05, 0.1) is 16.2 Å². The first-order chi connectivity index (χ1) is 13.1. The summed E-state index contributed by atoms with van der Waals surface area (Å²) in [6, 6.07) is 5.91.